The predicted molar refractivity (Wildman–Crippen MR) is 95.7 cm³/mol. The van der Waals surface area contributed by atoms with Crippen molar-refractivity contribution in [2.45, 2.75) is 20.3 Å². The fourth-order valence-electron chi connectivity index (χ4n) is 2.28. The Morgan fingerprint density at radius 1 is 1.13 bits per heavy atom. The summed E-state index contributed by atoms with van der Waals surface area (Å²) in [5, 5.41) is 5.52. The Morgan fingerprint density at radius 3 is 2.57 bits per heavy atom. The molecule has 0 spiro atoms. The fourth-order valence-corrected chi connectivity index (χ4v) is 2.68. The van der Waals surface area contributed by atoms with E-state index in [1.54, 1.807) is 18.2 Å². The number of carbonyl (C=O) groups excluding carboxylic acids is 2. The highest BCUT2D eigenvalue weighted by Crippen LogP contribution is 2.20. The Morgan fingerprint density at radius 2 is 1.87 bits per heavy atom. The molecule has 2 amide bonds. The third kappa shape index (κ3) is 4.66. The predicted octanol–water partition coefficient (Wildman–Crippen LogP) is 3.69. The molecule has 2 rings (SSSR count). The minimum absolute atomic E-state index is 0.0666. The summed E-state index contributed by atoms with van der Waals surface area (Å²) in [6, 6.07) is 12.9. The topological polar surface area (TPSA) is 58.2 Å². The number of hydrogen-bond acceptors (Lipinski definition) is 2. The van der Waals surface area contributed by atoms with E-state index in [1.165, 1.54) is 0 Å². The van der Waals surface area contributed by atoms with Gasteiger partial charge >= 0.3 is 0 Å². The second-order valence-electron chi connectivity index (χ2n) is 5.20. The summed E-state index contributed by atoms with van der Waals surface area (Å²) in [7, 11) is 0. The zero-order valence-corrected chi connectivity index (χ0v) is 14.7. The van der Waals surface area contributed by atoms with Gasteiger partial charge in [-0.05, 0) is 42.7 Å². The van der Waals surface area contributed by atoms with Crippen LogP contribution in [-0.4, -0.2) is 18.4 Å². The van der Waals surface area contributed by atoms with E-state index in [1.807, 2.05) is 38.1 Å². The van der Waals surface area contributed by atoms with Gasteiger partial charge in [0.1, 0.15) is 0 Å². The van der Waals surface area contributed by atoms with Crippen molar-refractivity contribution in [3.63, 3.8) is 0 Å². The maximum absolute atomic E-state index is 12.1. The van der Waals surface area contributed by atoms with Crippen molar-refractivity contribution >= 4 is 33.4 Å². The van der Waals surface area contributed by atoms with Crippen LogP contribution in [0, 0.1) is 6.92 Å². The summed E-state index contributed by atoms with van der Waals surface area (Å²) in [5.41, 5.74) is 3.43. The maximum atomic E-state index is 12.1. The van der Waals surface area contributed by atoms with Gasteiger partial charge in [-0.15, -0.1) is 0 Å². The summed E-state index contributed by atoms with van der Waals surface area (Å²) in [5.74, 6) is -0.515. The second kappa shape index (κ2) is 7.92. The van der Waals surface area contributed by atoms with E-state index in [-0.39, 0.29) is 18.4 Å². The Bertz CT molecular complexity index is 729. The van der Waals surface area contributed by atoms with Crippen LogP contribution in [0.1, 0.15) is 28.4 Å². The van der Waals surface area contributed by atoms with Gasteiger partial charge in [0, 0.05) is 15.7 Å². The van der Waals surface area contributed by atoms with Crippen LogP contribution in [0.2, 0.25) is 0 Å². The molecule has 120 valence electrons. The lowest BCUT2D eigenvalue weighted by molar-refractivity contribution is -0.115. The van der Waals surface area contributed by atoms with Crippen LogP contribution >= 0.6 is 15.9 Å². The monoisotopic (exact) mass is 374 g/mol. The molecule has 0 unspecified atom stereocenters. The van der Waals surface area contributed by atoms with Crippen molar-refractivity contribution < 1.29 is 9.59 Å². The summed E-state index contributed by atoms with van der Waals surface area (Å²) < 4.78 is 0.821. The molecule has 0 aliphatic carbocycles. The Kier molecular flexibility index (Phi) is 5.93. The first-order valence-electron chi connectivity index (χ1n) is 7.43. The number of hydrogen-bond donors (Lipinski definition) is 2. The van der Waals surface area contributed by atoms with Crippen LogP contribution in [0.4, 0.5) is 5.69 Å². The number of aryl methyl sites for hydroxylation is 2. The van der Waals surface area contributed by atoms with Gasteiger partial charge in [-0.3, -0.25) is 9.59 Å². The van der Waals surface area contributed by atoms with Crippen molar-refractivity contribution in [2.75, 3.05) is 11.9 Å². The van der Waals surface area contributed by atoms with Crippen molar-refractivity contribution in [1.82, 2.24) is 5.32 Å². The number of halogens is 1. The van der Waals surface area contributed by atoms with Gasteiger partial charge in [0.15, 0.2) is 0 Å². The summed E-state index contributed by atoms with van der Waals surface area (Å²) in [4.78, 5) is 24.1. The smallest absolute Gasteiger partial charge is 0.251 e. The van der Waals surface area contributed by atoms with Crippen LogP contribution < -0.4 is 10.6 Å². The van der Waals surface area contributed by atoms with Gasteiger partial charge in [0.05, 0.1) is 6.54 Å². The average Bonchev–Trinajstić information content (AvgIpc) is 2.54. The van der Waals surface area contributed by atoms with E-state index in [9.17, 15) is 9.59 Å². The average molecular weight is 375 g/mol. The molecule has 23 heavy (non-hydrogen) atoms. The zero-order valence-electron chi connectivity index (χ0n) is 13.2. The van der Waals surface area contributed by atoms with Crippen LogP contribution in [0.25, 0.3) is 0 Å². The Labute approximate surface area is 144 Å². The second-order valence-corrected chi connectivity index (χ2v) is 6.12. The first-order chi connectivity index (χ1) is 11.0. The highest BCUT2D eigenvalue weighted by atomic mass is 79.9. The van der Waals surface area contributed by atoms with Crippen molar-refractivity contribution in [3.8, 4) is 0 Å². The van der Waals surface area contributed by atoms with Crippen LogP contribution in [0.15, 0.2) is 46.9 Å². The van der Waals surface area contributed by atoms with E-state index in [4.69, 9.17) is 0 Å². The molecular weight excluding hydrogens is 356 g/mol. The largest absolute Gasteiger partial charge is 0.343 e. The Hall–Kier alpha value is -2.14. The Balaban J connectivity index is 1.97. The number of benzene rings is 2. The molecule has 0 aliphatic rings. The molecule has 0 atom stereocenters. The summed E-state index contributed by atoms with van der Waals surface area (Å²) in [6.07, 6.45) is 0.835. The summed E-state index contributed by atoms with van der Waals surface area (Å²) >= 11 is 3.32. The lowest BCUT2D eigenvalue weighted by Gasteiger charge is -2.13. The SMILES string of the molecule is CCc1cccc(C)c1NC(=O)CNC(=O)c1cccc(Br)c1. The van der Waals surface area contributed by atoms with Gasteiger partial charge in [0.2, 0.25) is 5.91 Å². The molecule has 0 saturated carbocycles. The highest BCUT2D eigenvalue weighted by molar-refractivity contribution is 9.10. The third-order valence-corrected chi connectivity index (χ3v) is 3.99. The molecule has 2 aromatic rings. The molecule has 5 heteroatoms. The van der Waals surface area contributed by atoms with Gasteiger partial charge in [0.25, 0.3) is 5.91 Å². The molecule has 0 aliphatic heterocycles. The highest BCUT2D eigenvalue weighted by Gasteiger charge is 2.11. The molecule has 0 bridgehead atoms. The summed E-state index contributed by atoms with van der Waals surface area (Å²) in [6.45, 7) is 3.93. The normalized spacial score (nSPS) is 10.2. The first kappa shape index (κ1) is 17.2. The molecule has 0 aromatic heterocycles. The molecule has 4 nitrogen and oxygen atoms in total. The molecule has 0 fully saturated rings. The maximum Gasteiger partial charge on any atom is 0.251 e. The van der Waals surface area contributed by atoms with E-state index in [2.05, 4.69) is 26.6 Å². The fraction of sp³-hybridized carbons (Fsp3) is 0.222. The minimum atomic E-state index is -0.276. The van der Waals surface area contributed by atoms with Crippen molar-refractivity contribution in [2.24, 2.45) is 0 Å². The number of carbonyl (C=O) groups is 2. The number of anilines is 1. The number of para-hydroxylation sites is 1. The standard InChI is InChI=1S/C18H19BrN2O2/c1-3-13-7-4-6-12(2)17(13)21-16(22)11-20-18(23)14-8-5-9-15(19)10-14/h4-10H,3,11H2,1-2H3,(H,20,23)(H,21,22). The molecule has 0 heterocycles. The van der Waals surface area contributed by atoms with Crippen molar-refractivity contribution in [1.29, 1.82) is 0 Å². The van der Waals surface area contributed by atoms with Crippen LogP contribution in [-0.2, 0) is 11.2 Å². The van der Waals surface area contributed by atoms with Crippen LogP contribution in [0.5, 0.6) is 0 Å². The van der Waals surface area contributed by atoms with Gasteiger partial charge in [-0.25, -0.2) is 0 Å². The molecule has 0 radical (unpaired) electrons. The third-order valence-electron chi connectivity index (χ3n) is 3.50. The molecule has 2 aromatic carbocycles. The van der Waals surface area contributed by atoms with E-state index in [0.717, 1.165) is 27.7 Å². The molecular formula is C18H19BrN2O2. The first-order valence-corrected chi connectivity index (χ1v) is 8.22. The minimum Gasteiger partial charge on any atom is -0.343 e. The lowest BCUT2D eigenvalue weighted by Crippen LogP contribution is -2.33. The van der Waals surface area contributed by atoms with Gasteiger partial charge in [-0.1, -0.05) is 47.1 Å². The molecule has 0 saturated heterocycles. The zero-order chi connectivity index (χ0) is 16.8. The van der Waals surface area contributed by atoms with Gasteiger partial charge < -0.3 is 10.6 Å². The molecule has 2 N–H and O–H groups in total. The number of nitrogens with one attached hydrogen (secondary N) is 2. The van der Waals surface area contributed by atoms with Crippen molar-refractivity contribution in [3.05, 3.63) is 63.6 Å². The van der Waals surface area contributed by atoms with E-state index < -0.39 is 0 Å². The van der Waals surface area contributed by atoms with E-state index >= 15 is 0 Å². The van der Waals surface area contributed by atoms with E-state index in [0.29, 0.717) is 5.56 Å². The number of amides is 2. The lowest BCUT2D eigenvalue weighted by atomic mass is 10.1. The van der Waals surface area contributed by atoms with Gasteiger partial charge in [-0.2, -0.15) is 0 Å². The van der Waals surface area contributed by atoms with Crippen LogP contribution in [0.3, 0.4) is 0 Å². The quantitative estimate of drug-likeness (QED) is 0.838. The number of rotatable bonds is 5.